The number of hydrogen-bond acceptors (Lipinski definition) is 5. The summed E-state index contributed by atoms with van der Waals surface area (Å²) in [5.41, 5.74) is -1.10. The highest BCUT2D eigenvalue weighted by Gasteiger charge is 2.53. The molecule has 0 bridgehead atoms. The van der Waals surface area contributed by atoms with Gasteiger partial charge >= 0.3 is 7.12 Å². The Labute approximate surface area is 148 Å². The van der Waals surface area contributed by atoms with Gasteiger partial charge in [0.15, 0.2) is 0 Å². The fourth-order valence-electron chi connectivity index (χ4n) is 3.41. The van der Waals surface area contributed by atoms with Crippen LogP contribution in [0.4, 0.5) is 4.39 Å². The summed E-state index contributed by atoms with van der Waals surface area (Å²) in [5, 5.41) is 8.23. The molecule has 1 saturated carbocycles. The number of halogens is 1. The molecule has 0 unspecified atom stereocenters. The Morgan fingerprint density at radius 3 is 2.40 bits per heavy atom. The van der Waals surface area contributed by atoms with E-state index in [1.807, 2.05) is 32.4 Å². The molecule has 0 atom stereocenters. The second-order valence-electron chi connectivity index (χ2n) is 8.43. The smallest absolute Gasteiger partial charge is 0.398 e. The Morgan fingerprint density at radius 2 is 1.84 bits per heavy atom. The number of aromatic nitrogens is 3. The predicted octanol–water partition coefficient (Wildman–Crippen LogP) is 2.63. The van der Waals surface area contributed by atoms with Crippen molar-refractivity contribution < 1.29 is 13.7 Å². The van der Waals surface area contributed by atoms with Crippen molar-refractivity contribution in [3.05, 3.63) is 17.6 Å². The van der Waals surface area contributed by atoms with Gasteiger partial charge in [0.2, 0.25) is 0 Å². The van der Waals surface area contributed by atoms with Crippen LogP contribution < -0.4 is 0 Å². The zero-order chi connectivity index (χ0) is 17.8. The van der Waals surface area contributed by atoms with Gasteiger partial charge < -0.3 is 9.31 Å². The summed E-state index contributed by atoms with van der Waals surface area (Å²) < 4.78 is 27.8. The summed E-state index contributed by atoms with van der Waals surface area (Å²) in [6.45, 7) is 9.64. The van der Waals surface area contributed by atoms with Gasteiger partial charge in [0.05, 0.1) is 23.4 Å². The number of nitrogens with zero attached hydrogens (tertiary/aromatic N) is 4. The van der Waals surface area contributed by atoms with Gasteiger partial charge in [0.25, 0.3) is 0 Å². The number of hydrogen-bond donors (Lipinski definition) is 0. The first-order valence-electron chi connectivity index (χ1n) is 9.14. The molecule has 6 nitrogen and oxygen atoms in total. The lowest BCUT2D eigenvalue weighted by atomic mass is 9.87. The molecule has 1 aliphatic carbocycles. The first kappa shape index (κ1) is 17.2. The molecule has 0 radical (unpaired) electrons. The third-order valence-electron chi connectivity index (χ3n) is 6.15. The van der Waals surface area contributed by atoms with Gasteiger partial charge in [0.1, 0.15) is 11.4 Å². The topological polar surface area (TPSA) is 52.4 Å². The van der Waals surface area contributed by atoms with Gasteiger partial charge in [-0.1, -0.05) is 11.6 Å². The van der Waals surface area contributed by atoms with Gasteiger partial charge in [-0.15, -0.1) is 5.10 Å². The molecule has 0 amide bonds. The fourth-order valence-corrected chi connectivity index (χ4v) is 3.41. The van der Waals surface area contributed by atoms with E-state index in [2.05, 4.69) is 15.2 Å². The molecule has 25 heavy (non-hydrogen) atoms. The van der Waals surface area contributed by atoms with Gasteiger partial charge in [0, 0.05) is 19.1 Å². The molecule has 4 rings (SSSR count). The van der Waals surface area contributed by atoms with E-state index in [-0.39, 0.29) is 0 Å². The minimum Gasteiger partial charge on any atom is -0.398 e. The fraction of sp³-hybridized carbons (Fsp3) is 0.765. The highest BCUT2D eigenvalue weighted by molar-refractivity contribution is 6.54. The second-order valence-corrected chi connectivity index (χ2v) is 8.43. The van der Waals surface area contributed by atoms with Crippen molar-refractivity contribution in [1.29, 1.82) is 0 Å². The van der Waals surface area contributed by atoms with Crippen LogP contribution in [-0.2, 0) is 9.31 Å². The standard InChI is InChI=1S/C17H26BFN4O2/c1-16(2)17(3,4)25-18(24-16)15(19)8-12-9-23(21-20-12)14-10-22(11-14)13-6-5-7-13/h8-9,13-14H,5-7,10-11H2,1-4H3. The third kappa shape index (κ3) is 3.04. The third-order valence-corrected chi connectivity index (χ3v) is 6.15. The summed E-state index contributed by atoms with van der Waals surface area (Å²) in [7, 11) is -0.993. The minimum absolute atomic E-state index is 0.343. The molecule has 8 heteroatoms. The average molecular weight is 348 g/mol. The Morgan fingerprint density at radius 1 is 1.20 bits per heavy atom. The molecule has 136 valence electrons. The summed E-state index contributed by atoms with van der Waals surface area (Å²) in [6, 6.07) is 1.11. The van der Waals surface area contributed by atoms with E-state index in [0.717, 1.165) is 19.1 Å². The van der Waals surface area contributed by atoms with E-state index in [1.165, 1.54) is 25.3 Å². The summed E-state index contributed by atoms with van der Waals surface area (Å²) in [6.07, 6.45) is 7.14. The highest BCUT2D eigenvalue weighted by atomic mass is 19.1. The molecule has 3 aliphatic rings. The molecule has 2 aliphatic heterocycles. The normalized spacial score (nSPS) is 27.4. The molecule has 0 aromatic carbocycles. The van der Waals surface area contributed by atoms with Crippen molar-refractivity contribution in [2.75, 3.05) is 13.1 Å². The molecule has 1 aromatic heterocycles. The predicted molar refractivity (Wildman–Crippen MR) is 93.4 cm³/mol. The minimum atomic E-state index is -0.993. The van der Waals surface area contributed by atoms with Crippen molar-refractivity contribution in [3.63, 3.8) is 0 Å². The van der Waals surface area contributed by atoms with Crippen LogP contribution in [0.3, 0.4) is 0 Å². The Kier molecular flexibility index (Phi) is 4.05. The molecular formula is C17H26BFN4O2. The Balaban J connectivity index is 1.38. The van der Waals surface area contributed by atoms with Crippen LogP contribution in [0.2, 0.25) is 0 Å². The van der Waals surface area contributed by atoms with E-state index in [9.17, 15) is 4.39 Å². The SMILES string of the molecule is CC1(C)OB(C(F)=Cc2cn(C3CN(C4CCC4)C3)nn2)OC1(C)C. The average Bonchev–Trinajstić information content (AvgIpc) is 2.94. The van der Waals surface area contributed by atoms with Crippen LogP contribution in [0.25, 0.3) is 6.08 Å². The Hall–Kier alpha value is -1.25. The maximum atomic E-state index is 14.5. The number of likely N-dealkylation sites (tertiary alicyclic amines) is 1. The van der Waals surface area contributed by atoms with Gasteiger partial charge in [-0.2, -0.15) is 0 Å². The summed E-state index contributed by atoms with van der Waals surface area (Å²) >= 11 is 0. The second kappa shape index (κ2) is 5.89. The molecule has 0 N–H and O–H groups in total. The maximum absolute atomic E-state index is 14.5. The van der Waals surface area contributed by atoms with Crippen LogP contribution in [0, 0.1) is 0 Å². The van der Waals surface area contributed by atoms with Gasteiger partial charge in [-0.25, -0.2) is 9.07 Å². The molecule has 1 aromatic rings. The summed E-state index contributed by atoms with van der Waals surface area (Å²) in [4.78, 5) is 2.50. The zero-order valence-electron chi connectivity index (χ0n) is 15.4. The van der Waals surface area contributed by atoms with E-state index in [4.69, 9.17) is 9.31 Å². The first-order valence-corrected chi connectivity index (χ1v) is 9.14. The van der Waals surface area contributed by atoms with Crippen molar-refractivity contribution in [1.82, 2.24) is 19.9 Å². The first-order chi connectivity index (χ1) is 11.7. The van der Waals surface area contributed by atoms with Crippen LogP contribution in [-0.4, -0.2) is 57.3 Å². The van der Waals surface area contributed by atoms with Crippen LogP contribution in [0.15, 0.2) is 11.9 Å². The van der Waals surface area contributed by atoms with Gasteiger partial charge in [-0.05, 0) is 46.6 Å². The quantitative estimate of drug-likeness (QED) is 0.783. The lowest BCUT2D eigenvalue weighted by molar-refractivity contribution is 0.00578. The van der Waals surface area contributed by atoms with E-state index in [1.54, 1.807) is 6.20 Å². The lowest BCUT2D eigenvalue weighted by Gasteiger charge is -2.47. The van der Waals surface area contributed by atoms with Crippen molar-refractivity contribution in [3.8, 4) is 0 Å². The largest absolute Gasteiger partial charge is 0.525 e. The molecular weight excluding hydrogens is 322 g/mol. The van der Waals surface area contributed by atoms with E-state index < -0.39 is 24.0 Å². The van der Waals surface area contributed by atoms with Crippen molar-refractivity contribution in [2.24, 2.45) is 0 Å². The van der Waals surface area contributed by atoms with Crippen LogP contribution in [0.1, 0.15) is 58.7 Å². The molecule has 0 spiro atoms. The maximum Gasteiger partial charge on any atom is 0.525 e. The monoisotopic (exact) mass is 348 g/mol. The molecule has 3 fully saturated rings. The van der Waals surface area contributed by atoms with Crippen LogP contribution in [0.5, 0.6) is 0 Å². The number of rotatable bonds is 4. The van der Waals surface area contributed by atoms with Gasteiger partial charge in [-0.3, -0.25) is 4.90 Å². The Bertz CT molecular complexity index is 664. The molecule has 3 heterocycles. The molecule has 2 saturated heterocycles. The van der Waals surface area contributed by atoms with Crippen molar-refractivity contribution >= 4 is 13.2 Å². The van der Waals surface area contributed by atoms with E-state index in [0.29, 0.717) is 11.7 Å². The summed E-state index contributed by atoms with van der Waals surface area (Å²) in [5.74, 6) is 0. The van der Waals surface area contributed by atoms with Crippen LogP contribution >= 0.6 is 0 Å². The van der Waals surface area contributed by atoms with Crippen molar-refractivity contribution in [2.45, 2.75) is 70.2 Å². The zero-order valence-corrected chi connectivity index (χ0v) is 15.4. The van der Waals surface area contributed by atoms with E-state index >= 15 is 0 Å². The lowest BCUT2D eigenvalue weighted by Crippen LogP contribution is -2.54. The highest BCUT2D eigenvalue weighted by Crippen LogP contribution is 2.39.